The maximum Gasteiger partial charge on any atom is 0.281 e. The van der Waals surface area contributed by atoms with Crippen LogP contribution in [0.25, 0.3) is 6.08 Å². The van der Waals surface area contributed by atoms with Gasteiger partial charge in [0.25, 0.3) is 5.91 Å². The average Bonchev–Trinajstić information content (AvgIpc) is 2.92. The fraction of sp³-hybridized carbons (Fsp3) is 0.300. The van der Waals surface area contributed by atoms with Crippen LogP contribution in [0, 0.1) is 0 Å². The van der Waals surface area contributed by atoms with Gasteiger partial charge in [-0.25, -0.2) is 5.43 Å². The molecular weight excluding hydrogens is 332 g/mol. The molecule has 1 aliphatic carbocycles. The van der Waals surface area contributed by atoms with Crippen molar-refractivity contribution >= 4 is 29.5 Å². The number of hydrazone groups is 1. The summed E-state index contributed by atoms with van der Waals surface area (Å²) in [7, 11) is 1.64. The van der Waals surface area contributed by atoms with Crippen LogP contribution in [0.5, 0.6) is 5.75 Å². The van der Waals surface area contributed by atoms with Crippen molar-refractivity contribution in [1.82, 2.24) is 5.43 Å². The van der Waals surface area contributed by atoms with Gasteiger partial charge in [0.1, 0.15) is 5.75 Å². The average molecular weight is 354 g/mol. The molecule has 1 aromatic carbocycles. The summed E-state index contributed by atoms with van der Waals surface area (Å²) in [4.78, 5) is 14.3. The van der Waals surface area contributed by atoms with Crippen LogP contribution in [0.3, 0.4) is 0 Å². The molecule has 0 saturated heterocycles. The van der Waals surface area contributed by atoms with Crippen LogP contribution < -0.4 is 10.2 Å². The molecule has 0 radical (unpaired) electrons. The molecule has 4 nitrogen and oxygen atoms in total. The highest BCUT2D eigenvalue weighted by Gasteiger charge is 2.15. The number of rotatable bonds is 5. The number of methoxy groups -OCH3 is 1. The molecule has 0 spiro atoms. The standard InChI is InChI=1S/C20H22N2O2S/c1-24-17-11-6-5-8-15(17)10-7-13-21-22-20(23)19-14-16-9-3-2-4-12-18(16)25-19/h5-8,10-11,13-14H,2-4,9,12H2,1H3,(H,22,23)/b10-7+,21-13-. The molecule has 1 aliphatic rings. The molecule has 0 fully saturated rings. The van der Waals surface area contributed by atoms with E-state index in [0.717, 1.165) is 29.0 Å². The fourth-order valence-corrected chi connectivity index (χ4v) is 4.07. The molecule has 3 rings (SSSR count). The van der Waals surface area contributed by atoms with Gasteiger partial charge < -0.3 is 4.74 Å². The van der Waals surface area contributed by atoms with Gasteiger partial charge in [-0.1, -0.05) is 24.6 Å². The second-order valence-electron chi connectivity index (χ2n) is 5.94. The molecular formula is C20H22N2O2S. The summed E-state index contributed by atoms with van der Waals surface area (Å²) >= 11 is 1.60. The second-order valence-corrected chi connectivity index (χ2v) is 7.08. The summed E-state index contributed by atoms with van der Waals surface area (Å²) in [6, 6.07) is 9.76. The molecule has 2 aromatic rings. The maximum absolute atomic E-state index is 12.2. The number of allylic oxidation sites excluding steroid dienone is 1. The van der Waals surface area contributed by atoms with Gasteiger partial charge in [0.2, 0.25) is 0 Å². The minimum absolute atomic E-state index is 0.139. The Bertz CT molecular complexity index is 769. The van der Waals surface area contributed by atoms with Gasteiger partial charge in [-0.15, -0.1) is 11.3 Å². The van der Waals surface area contributed by atoms with Crippen LogP contribution in [0.4, 0.5) is 0 Å². The Morgan fingerprint density at radius 3 is 2.96 bits per heavy atom. The zero-order chi connectivity index (χ0) is 17.5. The monoisotopic (exact) mass is 354 g/mol. The van der Waals surface area contributed by atoms with Crippen molar-refractivity contribution in [3.63, 3.8) is 0 Å². The predicted molar refractivity (Wildman–Crippen MR) is 104 cm³/mol. The van der Waals surface area contributed by atoms with Crippen molar-refractivity contribution in [2.24, 2.45) is 5.10 Å². The highest BCUT2D eigenvalue weighted by atomic mass is 32.1. The number of thiophene rings is 1. The van der Waals surface area contributed by atoms with Crippen molar-refractivity contribution < 1.29 is 9.53 Å². The largest absolute Gasteiger partial charge is 0.496 e. The molecule has 130 valence electrons. The van der Waals surface area contributed by atoms with E-state index in [0.29, 0.717) is 0 Å². The molecule has 5 heteroatoms. The Morgan fingerprint density at radius 1 is 1.24 bits per heavy atom. The first-order chi connectivity index (χ1) is 12.3. The number of benzene rings is 1. The Morgan fingerprint density at radius 2 is 2.08 bits per heavy atom. The van der Waals surface area contributed by atoms with Gasteiger partial charge in [-0.3, -0.25) is 4.79 Å². The Labute approximate surface area is 152 Å². The number of aryl methyl sites for hydroxylation is 2. The lowest BCUT2D eigenvalue weighted by molar-refractivity contribution is 0.0959. The third-order valence-corrected chi connectivity index (χ3v) is 5.45. The summed E-state index contributed by atoms with van der Waals surface area (Å²) in [5.74, 6) is 0.663. The van der Waals surface area contributed by atoms with E-state index >= 15 is 0 Å². The van der Waals surface area contributed by atoms with Crippen LogP contribution in [0.1, 0.15) is 44.9 Å². The summed E-state index contributed by atoms with van der Waals surface area (Å²) in [6.07, 6.45) is 11.2. The fourth-order valence-electron chi connectivity index (χ4n) is 2.92. The van der Waals surface area contributed by atoms with Crippen molar-refractivity contribution in [3.05, 3.63) is 57.3 Å². The van der Waals surface area contributed by atoms with Crippen molar-refractivity contribution in [2.75, 3.05) is 7.11 Å². The topological polar surface area (TPSA) is 50.7 Å². The van der Waals surface area contributed by atoms with Gasteiger partial charge in [0.05, 0.1) is 12.0 Å². The number of hydrogen-bond acceptors (Lipinski definition) is 4. The van der Waals surface area contributed by atoms with Crippen LogP contribution in [-0.2, 0) is 12.8 Å². The third kappa shape index (κ3) is 4.57. The maximum atomic E-state index is 12.2. The number of para-hydroxylation sites is 1. The van der Waals surface area contributed by atoms with Gasteiger partial charge in [0, 0.05) is 16.7 Å². The lowest BCUT2D eigenvalue weighted by atomic mass is 10.1. The van der Waals surface area contributed by atoms with Gasteiger partial charge in [0.15, 0.2) is 0 Å². The zero-order valence-corrected chi connectivity index (χ0v) is 15.1. The van der Waals surface area contributed by atoms with E-state index < -0.39 is 0 Å². The number of fused-ring (bicyclic) bond motifs is 1. The predicted octanol–water partition coefficient (Wildman–Crippen LogP) is 4.45. The van der Waals surface area contributed by atoms with Crippen molar-refractivity contribution in [1.29, 1.82) is 0 Å². The lowest BCUT2D eigenvalue weighted by Crippen LogP contribution is -2.15. The minimum atomic E-state index is -0.139. The smallest absolute Gasteiger partial charge is 0.281 e. The number of carbonyl (C=O) groups is 1. The lowest BCUT2D eigenvalue weighted by Gasteiger charge is -2.02. The van der Waals surface area contributed by atoms with E-state index in [9.17, 15) is 4.79 Å². The van der Waals surface area contributed by atoms with Crippen LogP contribution in [-0.4, -0.2) is 19.2 Å². The Balaban J connectivity index is 1.57. The van der Waals surface area contributed by atoms with E-state index in [1.54, 1.807) is 30.7 Å². The molecule has 0 atom stereocenters. The van der Waals surface area contributed by atoms with E-state index in [-0.39, 0.29) is 5.91 Å². The molecule has 0 bridgehead atoms. The van der Waals surface area contributed by atoms with Crippen LogP contribution in [0.2, 0.25) is 0 Å². The zero-order valence-electron chi connectivity index (χ0n) is 14.3. The van der Waals surface area contributed by atoms with Crippen molar-refractivity contribution in [2.45, 2.75) is 32.1 Å². The normalized spacial score (nSPS) is 14.4. The number of hydrogen-bond donors (Lipinski definition) is 1. The number of amides is 1. The summed E-state index contributed by atoms with van der Waals surface area (Å²) in [5.41, 5.74) is 4.90. The number of nitrogens with one attached hydrogen (secondary N) is 1. The number of nitrogens with zero attached hydrogens (tertiary/aromatic N) is 1. The van der Waals surface area contributed by atoms with Crippen molar-refractivity contribution in [3.8, 4) is 5.75 Å². The number of carbonyl (C=O) groups excluding carboxylic acids is 1. The van der Waals surface area contributed by atoms with E-state index in [2.05, 4.69) is 10.5 Å². The highest BCUT2D eigenvalue weighted by molar-refractivity contribution is 7.14. The molecule has 1 N–H and O–H groups in total. The third-order valence-electron chi connectivity index (χ3n) is 4.21. The first kappa shape index (κ1) is 17.4. The highest BCUT2D eigenvalue weighted by Crippen LogP contribution is 2.28. The van der Waals surface area contributed by atoms with E-state index in [1.165, 1.54) is 29.7 Å². The molecule has 1 heterocycles. The quantitative estimate of drug-likeness (QED) is 0.490. The minimum Gasteiger partial charge on any atom is -0.496 e. The first-order valence-corrected chi connectivity index (χ1v) is 9.34. The number of ether oxygens (including phenoxy) is 1. The summed E-state index contributed by atoms with van der Waals surface area (Å²) in [6.45, 7) is 0. The van der Waals surface area contributed by atoms with Crippen LogP contribution >= 0.6 is 11.3 Å². The van der Waals surface area contributed by atoms with Gasteiger partial charge in [-0.05, 0) is 55.5 Å². The van der Waals surface area contributed by atoms with Gasteiger partial charge in [-0.2, -0.15) is 5.10 Å². The Kier molecular flexibility index (Phi) is 6.01. The first-order valence-electron chi connectivity index (χ1n) is 8.52. The van der Waals surface area contributed by atoms with E-state index in [4.69, 9.17) is 4.74 Å². The summed E-state index contributed by atoms with van der Waals surface area (Å²) in [5, 5.41) is 4.00. The molecule has 1 amide bonds. The SMILES string of the molecule is COc1ccccc1/C=C/C=N\NC(=O)c1cc2c(s1)CCCCC2. The molecule has 25 heavy (non-hydrogen) atoms. The van der Waals surface area contributed by atoms with Crippen LogP contribution in [0.15, 0.2) is 41.5 Å². The summed E-state index contributed by atoms with van der Waals surface area (Å²) < 4.78 is 5.28. The molecule has 0 saturated carbocycles. The van der Waals surface area contributed by atoms with E-state index in [1.807, 2.05) is 36.4 Å². The molecule has 0 aliphatic heterocycles. The molecule has 0 unspecified atom stereocenters. The second kappa shape index (κ2) is 8.62. The molecule has 1 aromatic heterocycles. The Hall–Kier alpha value is -2.40. The van der Waals surface area contributed by atoms with Gasteiger partial charge >= 0.3 is 0 Å².